The second-order valence-corrected chi connectivity index (χ2v) is 5.63. The van der Waals surface area contributed by atoms with Gasteiger partial charge < -0.3 is 15.2 Å². The van der Waals surface area contributed by atoms with Crippen LogP contribution in [0.2, 0.25) is 0 Å². The molecule has 1 atom stereocenters. The van der Waals surface area contributed by atoms with E-state index >= 15 is 0 Å². The second-order valence-electron chi connectivity index (χ2n) is 5.63. The lowest BCUT2D eigenvalue weighted by Gasteiger charge is -2.26. The zero-order valence-corrected chi connectivity index (χ0v) is 11.9. The van der Waals surface area contributed by atoms with Crippen LogP contribution in [-0.4, -0.2) is 24.9 Å². The van der Waals surface area contributed by atoms with Crippen molar-refractivity contribution in [3.63, 3.8) is 0 Å². The van der Waals surface area contributed by atoms with Gasteiger partial charge in [-0.15, -0.1) is 0 Å². The van der Waals surface area contributed by atoms with Crippen LogP contribution in [0.25, 0.3) is 0 Å². The molecule has 1 aromatic rings. The summed E-state index contributed by atoms with van der Waals surface area (Å²) in [5.41, 5.74) is 1.25. The Balaban J connectivity index is 2.46. The lowest BCUT2D eigenvalue weighted by molar-refractivity contribution is 0.128. The molecule has 1 aromatic carbocycles. The van der Waals surface area contributed by atoms with Crippen molar-refractivity contribution >= 4 is 0 Å². The average Bonchev–Trinajstić information content (AvgIpc) is 2.27. The van der Waals surface area contributed by atoms with Crippen molar-refractivity contribution < 1.29 is 9.84 Å². The van der Waals surface area contributed by atoms with Crippen LogP contribution in [0.4, 0.5) is 0 Å². The summed E-state index contributed by atoms with van der Waals surface area (Å²) in [6.45, 7) is 7.81. The molecule has 2 N–H and O–H groups in total. The van der Waals surface area contributed by atoms with E-state index in [0.717, 1.165) is 30.8 Å². The molecular formula is C15H25NO2. The Bertz CT molecular complexity index is 361. The summed E-state index contributed by atoms with van der Waals surface area (Å²) in [5, 5.41) is 12.9. The first-order valence-electron chi connectivity index (χ1n) is 6.45. The van der Waals surface area contributed by atoms with Crippen molar-refractivity contribution in [2.24, 2.45) is 5.41 Å². The summed E-state index contributed by atoms with van der Waals surface area (Å²) >= 11 is 0. The molecule has 0 spiro atoms. The number of nitrogens with one attached hydrogen (secondary N) is 1. The van der Waals surface area contributed by atoms with E-state index < -0.39 is 0 Å². The second kappa shape index (κ2) is 6.76. The highest BCUT2D eigenvalue weighted by atomic mass is 16.5. The summed E-state index contributed by atoms with van der Waals surface area (Å²) < 4.78 is 5.31. The van der Waals surface area contributed by atoms with Gasteiger partial charge in [0.05, 0.1) is 13.2 Å². The molecule has 1 unspecified atom stereocenters. The Morgan fingerprint density at radius 1 is 1.33 bits per heavy atom. The van der Waals surface area contributed by atoms with Gasteiger partial charge in [-0.1, -0.05) is 32.0 Å². The van der Waals surface area contributed by atoms with E-state index in [9.17, 15) is 5.11 Å². The van der Waals surface area contributed by atoms with Crippen molar-refractivity contribution in [3.05, 3.63) is 29.8 Å². The zero-order valence-electron chi connectivity index (χ0n) is 11.9. The van der Waals surface area contributed by atoms with Crippen LogP contribution in [0, 0.1) is 5.41 Å². The van der Waals surface area contributed by atoms with Crippen LogP contribution < -0.4 is 10.1 Å². The van der Waals surface area contributed by atoms with Crippen LogP contribution in [0.5, 0.6) is 5.75 Å². The normalized spacial score (nSPS) is 13.4. The SMILES string of the molecule is COc1ccccc1CNCC(C)(C)CC(C)O. The van der Waals surface area contributed by atoms with E-state index in [-0.39, 0.29) is 11.5 Å². The number of para-hydroxylation sites is 1. The van der Waals surface area contributed by atoms with Crippen LogP contribution >= 0.6 is 0 Å². The predicted octanol–water partition coefficient (Wildman–Crippen LogP) is 2.58. The molecule has 0 bridgehead atoms. The van der Waals surface area contributed by atoms with Crippen LogP contribution in [0.15, 0.2) is 24.3 Å². The molecule has 1 rings (SSSR count). The van der Waals surface area contributed by atoms with E-state index in [1.807, 2.05) is 25.1 Å². The standard InChI is InChI=1S/C15H25NO2/c1-12(17)9-15(2,3)11-16-10-13-7-5-6-8-14(13)18-4/h5-8,12,16-17H,9-11H2,1-4H3. The molecule has 0 aliphatic carbocycles. The minimum absolute atomic E-state index is 0.0934. The fourth-order valence-corrected chi connectivity index (χ4v) is 2.26. The molecule has 0 fully saturated rings. The van der Waals surface area contributed by atoms with E-state index in [0.29, 0.717) is 0 Å². The Morgan fingerprint density at radius 2 is 2.00 bits per heavy atom. The summed E-state index contributed by atoms with van der Waals surface area (Å²) in [6, 6.07) is 8.02. The average molecular weight is 251 g/mol. The number of ether oxygens (including phenoxy) is 1. The molecule has 0 aliphatic heterocycles. The molecule has 102 valence electrons. The third kappa shape index (κ3) is 5.07. The van der Waals surface area contributed by atoms with E-state index in [2.05, 4.69) is 25.2 Å². The third-order valence-corrected chi connectivity index (χ3v) is 2.96. The Morgan fingerprint density at radius 3 is 2.61 bits per heavy atom. The maximum Gasteiger partial charge on any atom is 0.123 e. The van der Waals surface area contributed by atoms with E-state index in [1.165, 1.54) is 0 Å². The predicted molar refractivity (Wildman–Crippen MR) is 74.8 cm³/mol. The number of rotatable bonds is 7. The van der Waals surface area contributed by atoms with Crippen molar-refractivity contribution in [1.82, 2.24) is 5.32 Å². The van der Waals surface area contributed by atoms with Gasteiger partial charge in [0.2, 0.25) is 0 Å². The Kier molecular flexibility index (Phi) is 5.63. The quantitative estimate of drug-likeness (QED) is 0.782. The molecule has 3 heteroatoms. The highest BCUT2D eigenvalue weighted by molar-refractivity contribution is 5.32. The lowest BCUT2D eigenvalue weighted by atomic mass is 9.87. The molecule has 0 saturated carbocycles. The highest BCUT2D eigenvalue weighted by Crippen LogP contribution is 2.22. The molecule has 3 nitrogen and oxygen atoms in total. The summed E-state index contributed by atoms with van der Waals surface area (Å²) in [5.74, 6) is 0.915. The number of methoxy groups -OCH3 is 1. The van der Waals surface area contributed by atoms with Gasteiger partial charge in [-0.05, 0) is 24.8 Å². The van der Waals surface area contributed by atoms with Gasteiger partial charge in [0.1, 0.15) is 5.75 Å². The minimum atomic E-state index is -0.256. The lowest BCUT2D eigenvalue weighted by Crippen LogP contribution is -2.31. The van der Waals surface area contributed by atoms with Gasteiger partial charge in [0.15, 0.2) is 0 Å². The molecule has 0 aliphatic rings. The van der Waals surface area contributed by atoms with Gasteiger partial charge in [-0.2, -0.15) is 0 Å². The summed E-state index contributed by atoms with van der Waals surface area (Å²) in [6.07, 6.45) is 0.541. The maximum absolute atomic E-state index is 9.44. The van der Waals surface area contributed by atoms with E-state index in [1.54, 1.807) is 7.11 Å². The first-order valence-corrected chi connectivity index (χ1v) is 6.45. The number of aliphatic hydroxyl groups excluding tert-OH is 1. The molecule has 0 amide bonds. The number of benzene rings is 1. The van der Waals surface area contributed by atoms with Crippen LogP contribution in [0.1, 0.15) is 32.8 Å². The molecule has 0 saturated heterocycles. The molecule has 0 heterocycles. The largest absolute Gasteiger partial charge is 0.496 e. The van der Waals surface area contributed by atoms with E-state index in [4.69, 9.17) is 4.74 Å². The first-order chi connectivity index (χ1) is 8.44. The van der Waals surface area contributed by atoms with Crippen molar-refractivity contribution in [2.45, 2.75) is 39.8 Å². The smallest absolute Gasteiger partial charge is 0.123 e. The minimum Gasteiger partial charge on any atom is -0.496 e. The van der Waals surface area contributed by atoms with Gasteiger partial charge >= 0.3 is 0 Å². The maximum atomic E-state index is 9.44. The number of aliphatic hydroxyl groups is 1. The highest BCUT2D eigenvalue weighted by Gasteiger charge is 2.19. The van der Waals surface area contributed by atoms with Gasteiger partial charge in [0, 0.05) is 18.7 Å². The van der Waals surface area contributed by atoms with Gasteiger partial charge in [-0.3, -0.25) is 0 Å². The fourth-order valence-electron chi connectivity index (χ4n) is 2.26. The fraction of sp³-hybridized carbons (Fsp3) is 0.600. The van der Waals surface area contributed by atoms with Crippen LogP contribution in [0.3, 0.4) is 0 Å². The third-order valence-electron chi connectivity index (χ3n) is 2.96. The first kappa shape index (κ1) is 15.0. The Labute approximate surface area is 110 Å². The van der Waals surface area contributed by atoms with Gasteiger partial charge in [-0.25, -0.2) is 0 Å². The molecular weight excluding hydrogens is 226 g/mol. The number of hydrogen-bond donors (Lipinski definition) is 2. The van der Waals surface area contributed by atoms with Gasteiger partial charge in [0.25, 0.3) is 0 Å². The topological polar surface area (TPSA) is 41.5 Å². The Hall–Kier alpha value is -1.06. The zero-order chi connectivity index (χ0) is 13.6. The number of hydrogen-bond acceptors (Lipinski definition) is 3. The monoisotopic (exact) mass is 251 g/mol. The van der Waals surface area contributed by atoms with Crippen LogP contribution in [-0.2, 0) is 6.54 Å². The molecule has 0 aromatic heterocycles. The summed E-state index contributed by atoms with van der Waals surface area (Å²) in [7, 11) is 1.69. The van der Waals surface area contributed by atoms with Crippen molar-refractivity contribution in [1.29, 1.82) is 0 Å². The van der Waals surface area contributed by atoms with Crippen molar-refractivity contribution in [2.75, 3.05) is 13.7 Å². The molecule has 0 radical (unpaired) electrons. The van der Waals surface area contributed by atoms with Crippen molar-refractivity contribution in [3.8, 4) is 5.75 Å². The summed E-state index contributed by atoms with van der Waals surface area (Å²) in [4.78, 5) is 0. The molecule has 18 heavy (non-hydrogen) atoms.